The molecule has 2 rings (SSSR count). The molecule has 20 heavy (non-hydrogen) atoms. The van der Waals surface area contributed by atoms with Crippen molar-refractivity contribution in [3.05, 3.63) is 22.4 Å². The number of hydrogen-bond donors (Lipinski definition) is 1. The molecule has 1 aromatic rings. The third kappa shape index (κ3) is 3.60. The van der Waals surface area contributed by atoms with Gasteiger partial charge in [-0.1, -0.05) is 6.07 Å². The highest BCUT2D eigenvalue weighted by atomic mass is 32.1. The second-order valence-corrected chi connectivity index (χ2v) is 6.71. The maximum Gasteiger partial charge on any atom is 0.309 e. The molecule has 0 aliphatic carbocycles. The van der Waals surface area contributed by atoms with Crippen molar-refractivity contribution in [2.45, 2.75) is 39.0 Å². The molecule has 0 spiro atoms. The quantitative estimate of drug-likeness (QED) is 0.908. The third-order valence-corrected chi connectivity index (χ3v) is 5.07. The number of carbonyl (C=O) groups is 2. The summed E-state index contributed by atoms with van der Waals surface area (Å²) in [6.07, 6.45) is 3.48. The van der Waals surface area contributed by atoms with Crippen molar-refractivity contribution >= 4 is 23.2 Å². The van der Waals surface area contributed by atoms with Crippen LogP contribution in [0.2, 0.25) is 0 Å². The number of rotatable bonds is 5. The first-order valence-electron chi connectivity index (χ1n) is 7.05. The number of carboxylic acids is 1. The van der Waals surface area contributed by atoms with Crippen molar-refractivity contribution in [2.75, 3.05) is 13.1 Å². The lowest BCUT2D eigenvalue weighted by atomic mass is 9.80. The summed E-state index contributed by atoms with van der Waals surface area (Å²) in [6, 6.07) is 4.12. The minimum absolute atomic E-state index is 0.161. The minimum atomic E-state index is -0.748. The van der Waals surface area contributed by atoms with Crippen LogP contribution in [0.25, 0.3) is 0 Å². The number of piperidine rings is 1. The molecule has 0 atom stereocenters. The van der Waals surface area contributed by atoms with Gasteiger partial charge in [-0.15, -0.1) is 11.3 Å². The molecular weight excluding hydrogens is 274 g/mol. The van der Waals surface area contributed by atoms with Crippen LogP contribution in [-0.2, 0) is 16.0 Å². The Morgan fingerprint density at radius 2 is 2.10 bits per heavy atom. The molecule has 1 saturated heterocycles. The Balaban J connectivity index is 1.73. The van der Waals surface area contributed by atoms with E-state index in [1.165, 1.54) is 4.88 Å². The van der Waals surface area contributed by atoms with Gasteiger partial charge in [0, 0.05) is 24.4 Å². The van der Waals surface area contributed by atoms with E-state index in [0.717, 1.165) is 12.8 Å². The van der Waals surface area contributed by atoms with E-state index >= 15 is 0 Å². The van der Waals surface area contributed by atoms with E-state index in [1.54, 1.807) is 18.3 Å². The van der Waals surface area contributed by atoms with Crippen LogP contribution >= 0.6 is 11.3 Å². The number of carbonyl (C=O) groups excluding carboxylic acids is 1. The van der Waals surface area contributed by atoms with Crippen LogP contribution in [0.1, 0.15) is 37.5 Å². The summed E-state index contributed by atoms with van der Waals surface area (Å²) < 4.78 is 0. The van der Waals surface area contributed by atoms with Gasteiger partial charge in [0.1, 0.15) is 0 Å². The zero-order valence-electron chi connectivity index (χ0n) is 11.8. The largest absolute Gasteiger partial charge is 0.481 e. The lowest BCUT2D eigenvalue weighted by Gasteiger charge is -2.36. The van der Waals surface area contributed by atoms with Crippen LogP contribution < -0.4 is 0 Å². The summed E-state index contributed by atoms with van der Waals surface area (Å²) in [5.41, 5.74) is -0.659. The van der Waals surface area contributed by atoms with Crippen molar-refractivity contribution < 1.29 is 14.7 Å². The Morgan fingerprint density at radius 3 is 2.65 bits per heavy atom. The normalized spacial score (nSPS) is 17.9. The summed E-state index contributed by atoms with van der Waals surface area (Å²) in [7, 11) is 0. The van der Waals surface area contributed by atoms with Crippen molar-refractivity contribution in [2.24, 2.45) is 5.41 Å². The van der Waals surface area contributed by atoms with E-state index in [2.05, 4.69) is 11.4 Å². The number of hydrogen-bond acceptors (Lipinski definition) is 3. The zero-order chi connectivity index (χ0) is 14.6. The van der Waals surface area contributed by atoms with E-state index in [1.807, 2.05) is 11.0 Å². The zero-order valence-corrected chi connectivity index (χ0v) is 12.6. The molecule has 0 radical (unpaired) electrons. The Kier molecular flexibility index (Phi) is 4.81. The number of carboxylic acid groups (broad SMARTS) is 1. The summed E-state index contributed by atoms with van der Waals surface area (Å²) >= 11 is 1.72. The molecule has 0 unspecified atom stereocenters. The van der Waals surface area contributed by atoms with Crippen LogP contribution in [0.5, 0.6) is 0 Å². The molecule has 1 amide bonds. The second-order valence-electron chi connectivity index (χ2n) is 5.68. The average Bonchev–Trinajstić information content (AvgIpc) is 2.92. The number of likely N-dealkylation sites (tertiary alicyclic amines) is 1. The fourth-order valence-corrected chi connectivity index (χ4v) is 3.24. The highest BCUT2D eigenvalue weighted by Gasteiger charge is 2.37. The van der Waals surface area contributed by atoms with Crippen molar-refractivity contribution in [3.63, 3.8) is 0 Å². The standard InChI is InChI=1S/C15H21NO3S/c1-15(14(18)19)7-9-16(10-8-15)13(17)6-2-4-12-5-3-11-20-12/h3,5,11H,2,4,6-10H2,1H3,(H,18,19). The van der Waals surface area contributed by atoms with Gasteiger partial charge in [0.2, 0.25) is 5.91 Å². The Hall–Kier alpha value is -1.36. The van der Waals surface area contributed by atoms with Gasteiger partial charge in [-0.3, -0.25) is 9.59 Å². The van der Waals surface area contributed by atoms with Crippen LogP contribution in [0.3, 0.4) is 0 Å². The maximum atomic E-state index is 12.1. The molecule has 1 aliphatic heterocycles. The van der Waals surface area contributed by atoms with Crippen LogP contribution in [0.15, 0.2) is 17.5 Å². The van der Waals surface area contributed by atoms with Crippen molar-refractivity contribution in [1.82, 2.24) is 4.90 Å². The highest BCUT2D eigenvalue weighted by Crippen LogP contribution is 2.31. The second kappa shape index (κ2) is 6.39. The van der Waals surface area contributed by atoms with Gasteiger partial charge in [-0.05, 0) is 44.1 Å². The Morgan fingerprint density at radius 1 is 1.40 bits per heavy atom. The number of amides is 1. The van der Waals surface area contributed by atoms with Gasteiger partial charge in [0.25, 0.3) is 0 Å². The summed E-state index contributed by atoms with van der Waals surface area (Å²) in [5.74, 6) is -0.587. The van der Waals surface area contributed by atoms with E-state index < -0.39 is 11.4 Å². The first-order chi connectivity index (χ1) is 9.51. The number of nitrogens with zero attached hydrogens (tertiary/aromatic N) is 1. The number of thiophene rings is 1. The summed E-state index contributed by atoms with van der Waals surface area (Å²) in [5, 5.41) is 11.2. The molecule has 1 fully saturated rings. The molecule has 1 aliphatic rings. The smallest absolute Gasteiger partial charge is 0.309 e. The van der Waals surface area contributed by atoms with Crippen molar-refractivity contribution in [3.8, 4) is 0 Å². The summed E-state index contributed by atoms with van der Waals surface area (Å²) in [4.78, 5) is 26.4. The first kappa shape index (κ1) is 15.0. The van der Waals surface area contributed by atoms with Gasteiger partial charge in [0.15, 0.2) is 0 Å². The molecule has 0 aromatic carbocycles. The predicted molar refractivity (Wildman–Crippen MR) is 78.8 cm³/mol. The molecule has 0 saturated carbocycles. The van der Waals surface area contributed by atoms with Gasteiger partial charge in [0.05, 0.1) is 5.41 Å². The lowest BCUT2D eigenvalue weighted by Crippen LogP contribution is -2.45. The lowest BCUT2D eigenvalue weighted by molar-refractivity contribution is -0.153. The van der Waals surface area contributed by atoms with Crippen LogP contribution in [0.4, 0.5) is 0 Å². The molecule has 110 valence electrons. The van der Waals surface area contributed by atoms with Crippen molar-refractivity contribution in [1.29, 1.82) is 0 Å². The van der Waals surface area contributed by atoms with Crippen LogP contribution in [-0.4, -0.2) is 35.0 Å². The van der Waals surface area contributed by atoms with E-state index in [9.17, 15) is 9.59 Å². The molecule has 4 nitrogen and oxygen atoms in total. The molecule has 1 N–H and O–H groups in total. The fourth-order valence-electron chi connectivity index (χ4n) is 2.49. The molecular formula is C15H21NO3S. The molecule has 1 aromatic heterocycles. The van der Waals surface area contributed by atoms with Gasteiger partial charge in [-0.25, -0.2) is 0 Å². The highest BCUT2D eigenvalue weighted by molar-refractivity contribution is 7.09. The topological polar surface area (TPSA) is 57.6 Å². The van der Waals surface area contributed by atoms with E-state index in [4.69, 9.17) is 5.11 Å². The maximum absolute atomic E-state index is 12.1. The Bertz CT molecular complexity index is 461. The Labute approximate surface area is 123 Å². The predicted octanol–water partition coefficient (Wildman–Crippen LogP) is 2.78. The number of aryl methyl sites for hydroxylation is 1. The van der Waals surface area contributed by atoms with Gasteiger partial charge < -0.3 is 10.0 Å². The molecule has 5 heteroatoms. The fraction of sp³-hybridized carbons (Fsp3) is 0.600. The number of aliphatic carboxylic acids is 1. The van der Waals surface area contributed by atoms with Gasteiger partial charge in [-0.2, -0.15) is 0 Å². The average molecular weight is 295 g/mol. The SMILES string of the molecule is CC1(C(=O)O)CCN(C(=O)CCCc2cccs2)CC1. The van der Waals surface area contributed by atoms with Gasteiger partial charge >= 0.3 is 5.97 Å². The third-order valence-electron chi connectivity index (χ3n) is 4.13. The molecule has 0 bridgehead atoms. The molecule has 2 heterocycles. The monoisotopic (exact) mass is 295 g/mol. The van der Waals surface area contributed by atoms with E-state index in [0.29, 0.717) is 32.4 Å². The summed E-state index contributed by atoms with van der Waals surface area (Å²) in [6.45, 7) is 2.91. The van der Waals surface area contributed by atoms with E-state index in [-0.39, 0.29) is 5.91 Å². The first-order valence-corrected chi connectivity index (χ1v) is 7.93. The minimum Gasteiger partial charge on any atom is -0.481 e. The van der Waals surface area contributed by atoms with Crippen LogP contribution in [0, 0.1) is 5.41 Å².